The van der Waals surface area contributed by atoms with E-state index in [2.05, 4.69) is 53.5 Å². The van der Waals surface area contributed by atoms with Crippen molar-refractivity contribution in [2.75, 3.05) is 32.2 Å². The maximum Gasteiger partial charge on any atom is 0.299 e. The van der Waals surface area contributed by atoms with E-state index in [9.17, 15) is 4.79 Å². The topological polar surface area (TPSA) is 75.5 Å². The summed E-state index contributed by atoms with van der Waals surface area (Å²) in [7, 11) is 3.31. The number of amides is 1. The van der Waals surface area contributed by atoms with Crippen LogP contribution in [0.15, 0.2) is 46.5 Å². The maximum absolute atomic E-state index is 11.7. The number of amidine groups is 1. The summed E-state index contributed by atoms with van der Waals surface area (Å²) in [6, 6.07) is 12.5. The number of hydrogen-bond donors (Lipinski definition) is 1. The van der Waals surface area contributed by atoms with Crippen molar-refractivity contribution in [3.63, 3.8) is 0 Å². The normalized spacial score (nSPS) is 18.9. The zero-order valence-corrected chi connectivity index (χ0v) is 21.9. The van der Waals surface area contributed by atoms with Crippen LogP contribution in [0.3, 0.4) is 0 Å². The molecule has 0 bridgehead atoms. The number of rotatable bonds is 7. The number of hydrogen-bond acceptors (Lipinski definition) is 6. The molecule has 0 fully saturated rings. The van der Waals surface area contributed by atoms with Gasteiger partial charge in [0.1, 0.15) is 5.84 Å². The summed E-state index contributed by atoms with van der Waals surface area (Å²) in [6.07, 6.45) is 3.10. The molecule has 0 saturated carbocycles. The largest absolute Gasteiger partial charge is 0.493 e. The summed E-state index contributed by atoms with van der Waals surface area (Å²) < 4.78 is 11.0. The molecule has 2 aliphatic rings. The highest BCUT2D eigenvalue weighted by Gasteiger charge is 2.27. The summed E-state index contributed by atoms with van der Waals surface area (Å²) in [5.41, 5.74) is 7.99. The third-order valence-electron chi connectivity index (χ3n) is 6.58. The number of carbonyl (C=O) groups excluding carboxylic acids is 1. The molecule has 2 aliphatic heterocycles. The van der Waals surface area contributed by atoms with Crippen LogP contribution in [0, 0.1) is 5.92 Å². The third kappa shape index (κ3) is 5.48. The number of hydrazone groups is 1. The first kappa shape index (κ1) is 25.1. The van der Waals surface area contributed by atoms with Crippen molar-refractivity contribution in [1.29, 1.82) is 0 Å². The van der Waals surface area contributed by atoms with Gasteiger partial charge in [-0.2, -0.15) is 5.10 Å². The van der Waals surface area contributed by atoms with Crippen molar-refractivity contribution < 1.29 is 14.3 Å². The lowest BCUT2D eigenvalue weighted by molar-refractivity contribution is 0.261. The van der Waals surface area contributed by atoms with Crippen LogP contribution in [-0.4, -0.2) is 49.3 Å². The van der Waals surface area contributed by atoms with Crippen LogP contribution in [0.5, 0.6) is 11.5 Å². The van der Waals surface area contributed by atoms with Crippen molar-refractivity contribution in [1.82, 2.24) is 5.43 Å². The van der Waals surface area contributed by atoms with Gasteiger partial charge in [0.15, 0.2) is 11.5 Å². The Hall–Kier alpha value is -3.00. The molecule has 2 atom stereocenters. The number of fused-ring (bicyclic) bond motifs is 1. The van der Waals surface area contributed by atoms with Gasteiger partial charge in [-0.05, 0) is 67.1 Å². The Labute approximate surface area is 212 Å². The minimum absolute atomic E-state index is 0.0147. The van der Waals surface area contributed by atoms with Crippen molar-refractivity contribution in [2.24, 2.45) is 16.0 Å². The van der Waals surface area contributed by atoms with Crippen molar-refractivity contribution >= 4 is 34.2 Å². The highest BCUT2D eigenvalue weighted by atomic mass is 32.2. The summed E-state index contributed by atoms with van der Waals surface area (Å²) in [5, 5.41) is 4.25. The number of ether oxygens (including phenoxy) is 2. The summed E-state index contributed by atoms with van der Waals surface area (Å²) in [5.74, 6) is 2.84. The molecule has 0 spiro atoms. The van der Waals surface area contributed by atoms with E-state index in [-0.39, 0.29) is 10.5 Å². The SMILES string of the molecule is CCC(C)CN=C(c1ccc(OC)c(OC)c1)N1CCCc2cc(C3=NNC(=O)SC3C)ccc21. The van der Waals surface area contributed by atoms with E-state index in [1.54, 1.807) is 14.2 Å². The molecule has 0 saturated heterocycles. The average molecular weight is 495 g/mol. The van der Waals surface area contributed by atoms with Crippen LogP contribution in [0.25, 0.3) is 0 Å². The fourth-order valence-electron chi connectivity index (χ4n) is 4.39. The lowest BCUT2D eigenvalue weighted by Crippen LogP contribution is -2.37. The van der Waals surface area contributed by atoms with Crippen LogP contribution in [-0.2, 0) is 6.42 Å². The zero-order chi connectivity index (χ0) is 24.9. The summed E-state index contributed by atoms with van der Waals surface area (Å²) in [4.78, 5) is 19.1. The minimum atomic E-state index is -0.109. The Balaban J connectivity index is 1.74. The molecular weight excluding hydrogens is 460 g/mol. The van der Waals surface area contributed by atoms with Crippen LogP contribution < -0.4 is 19.8 Å². The fraction of sp³-hybridized carbons (Fsp3) is 0.444. The highest BCUT2D eigenvalue weighted by molar-refractivity contribution is 8.14. The number of methoxy groups -OCH3 is 2. The standard InChI is InChI=1S/C27H34N4O3S/c1-6-17(2)16-28-26(21-10-12-23(33-4)24(15-21)34-5)31-13-7-8-19-14-20(9-11-22(19)31)25-18(3)35-27(32)30-29-25/h9-12,14-15,17-18H,6-8,13,16H2,1-5H3,(H,30,32). The average Bonchev–Trinajstić information content (AvgIpc) is 2.88. The molecule has 2 aromatic rings. The number of benzene rings is 2. The molecule has 2 heterocycles. The van der Waals surface area contributed by atoms with Crippen molar-refractivity contribution in [3.05, 3.63) is 53.1 Å². The molecule has 2 aromatic carbocycles. The number of nitrogens with one attached hydrogen (secondary N) is 1. The van der Waals surface area contributed by atoms with Gasteiger partial charge in [0, 0.05) is 24.3 Å². The Morgan fingerprint density at radius 2 is 2.03 bits per heavy atom. The fourth-order valence-corrected chi connectivity index (χ4v) is 5.11. The van der Waals surface area contributed by atoms with Gasteiger partial charge in [-0.15, -0.1) is 0 Å². The van der Waals surface area contributed by atoms with Gasteiger partial charge in [0.05, 0.1) is 25.2 Å². The van der Waals surface area contributed by atoms with E-state index in [1.165, 1.54) is 23.0 Å². The van der Waals surface area contributed by atoms with Crippen LogP contribution >= 0.6 is 11.8 Å². The number of anilines is 1. The monoisotopic (exact) mass is 494 g/mol. The van der Waals surface area contributed by atoms with E-state index in [1.807, 2.05) is 19.1 Å². The van der Waals surface area contributed by atoms with Gasteiger partial charge < -0.3 is 14.4 Å². The molecule has 0 aromatic heterocycles. The predicted molar refractivity (Wildman–Crippen MR) is 145 cm³/mol. The minimum Gasteiger partial charge on any atom is -0.493 e. The van der Waals surface area contributed by atoms with Gasteiger partial charge in [-0.25, -0.2) is 5.43 Å². The second-order valence-electron chi connectivity index (χ2n) is 9.00. The molecule has 0 radical (unpaired) electrons. The van der Waals surface area contributed by atoms with Gasteiger partial charge in [0.25, 0.3) is 5.24 Å². The molecular formula is C27H34N4O3S. The molecule has 8 heteroatoms. The van der Waals surface area contributed by atoms with E-state index in [4.69, 9.17) is 14.5 Å². The molecule has 0 aliphatic carbocycles. The molecule has 2 unspecified atom stereocenters. The van der Waals surface area contributed by atoms with E-state index in [0.717, 1.165) is 55.0 Å². The molecule has 35 heavy (non-hydrogen) atoms. The van der Waals surface area contributed by atoms with Gasteiger partial charge in [0.2, 0.25) is 0 Å². The summed E-state index contributed by atoms with van der Waals surface area (Å²) in [6.45, 7) is 8.10. The molecule has 7 nitrogen and oxygen atoms in total. The van der Waals surface area contributed by atoms with Crippen molar-refractivity contribution in [3.8, 4) is 11.5 Å². The van der Waals surface area contributed by atoms with E-state index >= 15 is 0 Å². The summed E-state index contributed by atoms with van der Waals surface area (Å²) >= 11 is 1.27. The number of nitrogens with zero attached hydrogens (tertiary/aromatic N) is 3. The molecule has 1 amide bonds. The number of thioether (sulfide) groups is 1. The predicted octanol–water partition coefficient (Wildman–Crippen LogP) is 5.50. The highest BCUT2D eigenvalue weighted by Crippen LogP contribution is 2.34. The number of aliphatic imine (C=N–C) groups is 1. The quantitative estimate of drug-likeness (QED) is 0.406. The first-order valence-corrected chi connectivity index (χ1v) is 13.0. The van der Waals surface area contributed by atoms with Gasteiger partial charge in [-0.1, -0.05) is 38.1 Å². The molecule has 186 valence electrons. The van der Waals surface area contributed by atoms with Gasteiger partial charge >= 0.3 is 0 Å². The Morgan fingerprint density at radius 3 is 2.74 bits per heavy atom. The number of carbonyl (C=O) groups is 1. The molecule has 1 N–H and O–H groups in total. The first-order valence-electron chi connectivity index (χ1n) is 12.2. The van der Waals surface area contributed by atoms with Crippen molar-refractivity contribution in [2.45, 2.75) is 45.3 Å². The Kier molecular flexibility index (Phi) is 8.00. The molecule has 4 rings (SSSR count). The van der Waals surface area contributed by atoms with Crippen LogP contribution in [0.2, 0.25) is 0 Å². The smallest absolute Gasteiger partial charge is 0.299 e. The third-order valence-corrected chi connectivity index (χ3v) is 7.46. The lowest BCUT2D eigenvalue weighted by Gasteiger charge is -2.33. The Morgan fingerprint density at radius 1 is 1.23 bits per heavy atom. The van der Waals surface area contributed by atoms with Crippen LogP contribution in [0.4, 0.5) is 10.5 Å². The maximum atomic E-state index is 11.7. The van der Waals surface area contributed by atoms with E-state index in [0.29, 0.717) is 17.4 Å². The van der Waals surface area contributed by atoms with Crippen LogP contribution in [0.1, 0.15) is 50.3 Å². The Bertz CT molecular complexity index is 1150. The van der Waals surface area contributed by atoms with E-state index < -0.39 is 0 Å². The first-order chi connectivity index (χ1) is 16.9. The zero-order valence-electron chi connectivity index (χ0n) is 21.1. The van der Waals surface area contributed by atoms with Gasteiger partial charge in [-0.3, -0.25) is 9.79 Å². The number of aryl methyl sites for hydroxylation is 1. The second-order valence-corrected chi connectivity index (χ2v) is 10.3. The second kappa shape index (κ2) is 11.2. The lowest BCUT2D eigenvalue weighted by atomic mass is 9.96.